The molecule has 1 heterocycles. The van der Waals surface area contributed by atoms with Crippen LogP contribution in [0.1, 0.15) is 30.3 Å². The molecule has 1 unspecified atom stereocenters. The van der Waals surface area contributed by atoms with E-state index in [-0.39, 0.29) is 12.0 Å². The summed E-state index contributed by atoms with van der Waals surface area (Å²) in [6.07, 6.45) is 3.27. The number of methoxy groups -OCH3 is 1. The summed E-state index contributed by atoms with van der Waals surface area (Å²) in [5, 5.41) is 0. The summed E-state index contributed by atoms with van der Waals surface area (Å²) in [5.41, 5.74) is 7.54. The highest BCUT2D eigenvalue weighted by Crippen LogP contribution is 2.23. The standard InChI is InChI=1S/C14H17N3O2/c1-10(15)12-8-16-9-17(12)13(14(18)19-2)11-6-4-3-5-7-11/h3-10,13H,15H2,1-2H3/t10-,13?/m1/s1. The number of ether oxygens (including phenoxy) is 1. The van der Waals surface area contributed by atoms with E-state index in [0.717, 1.165) is 11.3 Å². The molecule has 0 aliphatic heterocycles. The van der Waals surface area contributed by atoms with Crippen molar-refractivity contribution in [1.82, 2.24) is 9.55 Å². The van der Waals surface area contributed by atoms with Crippen molar-refractivity contribution in [3.8, 4) is 0 Å². The number of hydrogen-bond acceptors (Lipinski definition) is 4. The number of aromatic nitrogens is 2. The molecular weight excluding hydrogens is 242 g/mol. The molecule has 1 aromatic heterocycles. The monoisotopic (exact) mass is 259 g/mol. The zero-order valence-corrected chi connectivity index (χ0v) is 11.0. The van der Waals surface area contributed by atoms with Gasteiger partial charge in [-0.2, -0.15) is 0 Å². The minimum Gasteiger partial charge on any atom is -0.467 e. The SMILES string of the molecule is COC(=O)C(c1ccccc1)n1cncc1[C@@H](C)N. The number of nitrogens with two attached hydrogens (primary N) is 1. The Bertz CT molecular complexity index is 549. The number of imidazole rings is 1. The molecule has 0 saturated heterocycles. The molecule has 2 atom stereocenters. The lowest BCUT2D eigenvalue weighted by Crippen LogP contribution is -2.25. The molecule has 19 heavy (non-hydrogen) atoms. The summed E-state index contributed by atoms with van der Waals surface area (Å²) in [6.45, 7) is 1.85. The maximum atomic E-state index is 12.1. The molecule has 2 aromatic rings. The first-order valence-corrected chi connectivity index (χ1v) is 6.05. The van der Waals surface area contributed by atoms with E-state index in [4.69, 9.17) is 10.5 Å². The Kier molecular flexibility index (Phi) is 3.97. The summed E-state index contributed by atoms with van der Waals surface area (Å²) in [7, 11) is 1.38. The first kappa shape index (κ1) is 13.3. The molecule has 2 N–H and O–H groups in total. The Morgan fingerprint density at radius 2 is 2.05 bits per heavy atom. The Morgan fingerprint density at radius 3 is 2.63 bits per heavy atom. The molecule has 0 saturated carbocycles. The van der Waals surface area contributed by atoms with Crippen LogP contribution in [0, 0.1) is 0 Å². The highest BCUT2D eigenvalue weighted by atomic mass is 16.5. The molecule has 0 spiro atoms. The number of carbonyl (C=O) groups is 1. The van der Waals surface area contributed by atoms with E-state index in [1.165, 1.54) is 7.11 Å². The lowest BCUT2D eigenvalue weighted by Gasteiger charge is -2.20. The molecule has 0 bridgehead atoms. The molecule has 0 fully saturated rings. The Morgan fingerprint density at radius 1 is 1.37 bits per heavy atom. The molecule has 5 heteroatoms. The van der Waals surface area contributed by atoms with Crippen molar-refractivity contribution >= 4 is 5.97 Å². The molecular formula is C14H17N3O2. The maximum absolute atomic E-state index is 12.1. The van der Waals surface area contributed by atoms with Crippen LogP contribution in [0.25, 0.3) is 0 Å². The third-order valence-electron chi connectivity index (χ3n) is 2.98. The van der Waals surface area contributed by atoms with Crippen molar-refractivity contribution in [3.63, 3.8) is 0 Å². The molecule has 0 aliphatic rings. The summed E-state index contributed by atoms with van der Waals surface area (Å²) in [4.78, 5) is 16.2. The lowest BCUT2D eigenvalue weighted by atomic mass is 10.1. The van der Waals surface area contributed by atoms with Gasteiger partial charge in [0.2, 0.25) is 0 Å². The summed E-state index contributed by atoms with van der Waals surface area (Å²) >= 11 is 0. The van der Waals surface area contributed by atoms with Gasteiger partial charge in [0.1, 0.15) is 0 Å². The van der Waals surface area contributed by atoms with E-state index < -0.39 is 6.04 Å². The van der Waals surface area contributed by atoms with Gasteiger partial charge in [0.25, 0.3) is 0 Å². The van der Waals surface area contributed by atoms with Crippen LogP contribution in [0.2, 0.25) is 0 Å². The van der Waals surface area contributed by atoms with Gasteiger partial charge >= 0.3 is 5.97 Å². The van der Waals surface area contributed by atoms with Crippen molar-refractivity contribution in [2.45, 2.75) is 19.0 Å². The predicted molar refractivity (Wildman–Crippen MR) is 71.4 cm³/mol. The Hall–Kier alpha value is -2.14. The highest BCUT2D eigenvalue weighted by Gasteiger charge is 2.25. The second kappa shape index (κ2) is 5.67. The third kappa shape index (κ3) is 2.66. The molecule has 0 amide bonds. The topological polar surface area (TPSA) is 70.1 Å². The van der Waals surface area contributed by atoms with Gasteiger partial charge in [-0.3, -0.25) is 0 Å². The summed E-state index contributed by atoms with van der Waals surface area (Å²) in [5.74, 6) is -0.342. The molecule has 100 valence electrons. The van der Waals surface area contributed by atoms with E-state index >= 15 is 0 Å². The Labute approximate surface area is 112 Å². The van der Waals surface area contributed by atoms with E-state index in [9.17, 15) is 4.79 Å². The van der Waals surface area contributed by atoms with Crippen LogP contribution in [0.4, 0.5) is 0 Å². The molecule has 0 radical (unpaired) electrons. The zero-order chi connectivity index (χ0) is 13.8. The number of rotatable bonds is 4. The largest absolute Gasteiger partial charge is 0.467 e. The van der Waals surface area contributed by atoms with Crippen LogP contribution in [-0.4, -0.2) is 22.6 Å². The number of esters is 1. The van der Waals surface area contributed by atoms with Gasteiger partial charge in [-0.1, -0.05) is 30.3 Å². The van der Waals surface area contributed by atoms with E-state index in [1.807, 2.05) is 37.3 Å². The minimum atomic E-state index is -0.560. The minimum absolute atomic E-state index is 0.210. The van der Waals surface area contributed by atoms with E-state index in [1.54, 1.807) is 17.1 Å². The van der Waals surface area contributed by atoms with Gasteiger partial charge in [0.15, 0.2) is 6.04 Å². The number of benzene rings is 1. The normalized spacial score (nSPS) is 13.8. The predicted octanol–water partition coefficient (Wildman–Crippen LogP) is 1.67. The van der Waals surface area contributed by atoms with Gasteiger partial charge < -0.3 is 15.0 Å². The number of carbonyl (C=O) groups excluding carboxylic acids is 1. The fourth-order valence-electron chi connectivity index (χ4n) is 2.04. The smallest absolute Gasteiger partial charge is 0.333 e. The lowest BCUT2D eigenvalue weighted by molar-refractivity contribution is -0.143. The quantitative estimate of drug-likeness (QED) is 0.848. The highest BCUT2D eigenvalue weighted by molar-refractivity contribution is 5.78. The molecule has 5 nitrogen and oxygen atoms in total. The van der Waals surface area contributed by atoms with Crippen LogP contribution in [0.15, 0.2) is 42.9 Å². The van der Waals surface area contributed by atoms with Crippen molar-refractivity contribution in [3.05, 3.63) is 54.1 Å². The second-order valence-electron chi connectivity index (χ2n) is 4.35. The fraction of sp³-hybridized carbons (Fsp3) is 0.286. The van der Waals surface area contributed by atoms with Crippen LogP contribution >= 0.6 is 0 Å². The van der Waals surface area contributed by atoms with Gasteiger partial charge in [-0.25, -0.2) is 9.78 Å². The van der Waals surface area contributed by atoms with Crippen molar-refractivity contribution in [1.29, 1.82) is 0 Å². The first-order valence-electron chi connectivity index (χ1n) is 6.05. The summed E-state index contributed by atoms with van der Waals surface area (Å²) in [6, 6.07) is 8.66. The van der Waals surface area contributed by atoms with Crippen LogP contribution in [-0.2, 0) is 9.53 Å². The van der Waals surface area contributed by atoms with Gasteiger partial charge in [-0.05, 0) is 12.5 Å². The molecule has 1 aromatic carbocycles. The maximum Gasteiger partial charge on any atom is 0.333 e. The van der Waals surface area contributed by atoms with Gasteiger partial charge in [-0.15, -0.1) is 0 Å². The average molecular weight is 259 g/mol. The third-order valence-corrected chi connectivity index (χ3v) is 2.98. The van der Waals surface area contributed by atoms with Crippen molar-refractivity contribution < 1.29 is 9.53 Å². The van der Waals surface area contributed by atoms with Crippen molar-refractivity contribution in [2.75, 3.05) is 7.11 Å². The number of hydrogen-bond donors (Lipinski definition) is 1. The van der Waals surface area contributed by atoms with Gasteiger partial charge in [0, 0.05) is 12.2 Å². The van der Waals surface area contributed by atoms with Gasteiger partial charge in [0.05, 0.1) is 19.1 Å². The van der Waals surface area contributed by atoms with Crippen LogP contribution in [0.5, 0.6) is 0 Å². The van der Waals surface area contributed by atoms with Crippen molar-refractivity contribution in [2.24, 2.45) is 5.73 Å². The summed E-state index contributed by atoms with van der Waals surface area (Å²) < 4.78 is 6.65. The van der Waals surface area contributed by atoms with Crippen LogP contribution in [0.3, 0.4) is 0 Å². The fourth-order valence-corrected chi connectivity index (χ4v) is 2.04. The average Bonchev–Trinajstić information content (AvgIpc) is 2.89. The Balaban J connectivity index is 2.50. The van der Waals surface area contributed by atoms with Crippen LogP contribution < -0.4 is 5.73 Å². The van der Waals surface area contributed by atoms with E-state index in [0.29, 0.717) is 0 Å². The van der Waals surface area contributed by atoms with E-state index in [2.05, 4.69) is 4.98 Å². The molecule has 2 rings (SSSR count). The zero-order valence-electron chi connectivity index (χ0n) is 11.0. The second-order valence-corrected chi connectivity index (χ2v) is 4.35. The number of nitrogens with zero attached hydrogens (tertiary/aromatic N) is 2. The first-order chi connectivity index (χ1) is 9.15. The molecule has 0 aliphatic carbocycles.